The van der Waals surface area contributed by atoms with Crippen molar-refractivity contribution in [3.8, 4) is 11.8 Å². The molecule has 1 aliphatic rings. The molecule has 0 saturated carbocycles. The molecule has 1 heterocycles. The molecule has 6 heteroatoms. The fourth-order valence-corrected chi connectivity index (χ4v) is 4.15. The number of para-hydroxylation sites is 1. The van der Waals surface area contributed by atoms with Crippen LogP contribution in [0.3, 0.4) is 0 Å². The van der Waals surface area contributed by atoms with Gasteiger partial charge < -0.3 is 14.5 Å². The number of ether oxygens (including phenoxy) is 1. The number of hydrogen-bond acceptors (Lipinski definition) is 4. The third-order valence-corrected chi connectivity index (χ3v) is 6.04. The molecule has 4 rings (SSSR count). The van der Waals surface area contributed by atoms with E-state index in [1.54, 1.807) is 11.0 Å². The fourth-order valence-electron chi connectivity index (χ4n) is 3.77. The number of hydrogen-bond donors (Lipinski definition) is 0. The van der Waals surface area contributed by atoms with Gasteiger partial charge in [0.1, 0.15) is 24.0 Å². The summed E-state index contributed by atoms with van der Waals surface area (Å²) in [6, 6.07) is 27.7. The van der Waals surface area contributed by atoms with Gasteiger partial charge in [-0.3, -0.25) is 4.79 Å². The minimum Gasteiger partial charge on any atom is -0.488 e. The van der Waals surface area contributed by atoms with E-state index in [1.807, 2.05) is 66.7 Å². The van der Waals surface area contributed by atoms with E-state index in [2.05, 4.69) is 39.0 Å². The predicted molar refractivity (Wildman–Crippen MR) is 134 cm³/mol. The Bertz CT molecular complexity index is 1160. The number of rotatable bonds is 6. The van der Waals surface area contributed by atoms with Crippen LogP contribution in [0.1, 0.15) is 11.1 Å². The Hall–Kier alpha value is -3.56. The zero-order valence-electron chi connectivity index (χ0n) is 18.2. The first-order valence-corrected chi connectivity index (χ1v) is 11.6. The second-order valence-electron chi connectivity index (χ2n) is 7.74. The summed E-state index contributed by atoms with van der Waals surface area (Å²) in [5.74, 6) is 0.371. The average molecular weight is 502 g/mol. The monoisotopic (exact) mass is 501 g/mol. The minimum absolute atomic E-state index is 0.103. The molecule has 0 bridgehead atoms. The Labute approximate surface area is 202 Å². The summed E-state index contributed by atoms with van der Waals surface area (Å²) >= 11 is 3.48. The van der Waals surface area contributed by atoms with Gasteiger partial charge in [-0.2, -0.15) is 5.26 Å². The zero-order chi connectivity index (χ0) is 23.0. The van der Waals surface area contributed by atoms with Gasteiger partial charge in [-0.05, 0) is 42.0 Å². The van der Waals surface area contributed by atoms with Gasteiger partial charge in [-0.1, -0.05) is 64.5 Å². The first-order chi connectivity index (χ1) is 16.1. The maximum Gasteiger partial charge on any atom is 0.264 e. The van der Waals surface area contributed by atoms with Crippen LogP contribution in [0.4, 0.5) is 5.69 Å². The maximum absolute atomic E-state index is 13.1. The fraction of sp³-hybridized carbons (Fsp3) is 0.185. The SMILES string of the molecule is N#C/C(=C/c1cc(Br)ccc1OCc1ccccc1)C(=O)N1CCN(c2ccccc2)CC1. The van der Waals surface area contributed by atoms with Gasteiger partial charge in [-0.25, -0.2) is 0 Å². The van der Waals surface area contributed by atoms with Crippen LogP contribution in [0.5, 0.6) is 5.75 Å². The number of benzene rings is 3. The number of nitrogens with zero attached hydrogens (tertiary/aromatic N) is 3. The summed E-state index contributed by atoms with van der Waals surface area (Å²) < 4.78 is 6.85. The first kappa shape index (κ1) is 22.6. The molecule has 166 valence electrons. The molecular formula is C27H24BrN3O2. The number of halogens is 1. The van der Waals surface area contributed by atoms with Gasteiger partial charge in [0.15, 0.2) is 0 Å². The highest BCUT2D eigenvalue weighted by Gasteiger charge is 2.24. The smallest absolute Gasteiger partial charge is 0.264 e. The predicted octanol–water partition coefficient (Wildman–Crippen LogP) is 5.28. The van der Waals surface area contributed by atoms with E-state index in [0.29, 0.717) is 31.0 Å². The third-order valence-electron chi connectivity index (χ3n) is 5.55. The summed E-state index contributed by atoms with van der Waals surface area (Å²) in [4.78, 5) is 17.1. The number of nitriles is 1. The molecule has 0 radical (unpaired) electrons. The number of anilines is 1. The lowest BCUT2D eigenvalue weighted by atomic mass is 10.1. The Morgan fingerprint density at radius 1 is 0.970 bits per heavy atom. The number of amides is 1. The van der Waals surface area contributed by atoms with Crippen molar-refractivity contribution in [1.29, 1.82) is 5.26 Å². The van der Waals surface area contributed by atoms with E-state index in [-0.39, 0.29) is 11.5 Å². The number of piperazine rings is 1. The van der Waals surface area contributed by atoms with Crippen molar-refractivity contribution >= 4 is 33.6 Å². The van der Waals surface area contributed by atoms with Gasteiger partial charge in [0.2, 0.25) is 0 Å². The summed E-state index contributed by atoms with van der Waals surface area (Å²) in [5.41, 5.74) is 2.98. The maximum atomic E-state index is 13.1. The van der Waals surface area contributed by atoms with Crippen LogP contribution in [0.15, 0.2) is 88.9 Å². The molecule has 3 aromatic carbocycles. The van der Waals surface area contributed by atoms with E-state index in [0.717, 1.165) is 28.8 Å². The van der Waals surface area contributed by atoms with E-state index < -0.39 is 0 Å². The van der Waals surface area contributed by atoms with Crippen LogP contribution < -0.4 is 9.64 Å². The Morgan fingerprint density at radius 2 is 1.64 bits per heavy atom. The minimum atomic E-state index is -0.251. The third kappa shape index (κ3) is 5.82. The highest BCUT2D eigenvalue weighted by atomic mass is 79.9. The zero-order valence-corrected chi connectivity index (χ0v) is 19.7. The average Bonchev–Trinajstić information content (AvgIpc) is 2.87. The van der Waals surface area contributed by atoms with Crippen molar-refractivity contribution < 1.29 is 9.53 Å². The molecule has 0 unspecified atom stereocenters. The van der Waals surface area contributed by atoms with Gasteiger partial charge in [0.25, 0.3) is 5.91 Å². The van der Waals surface area contributed by atoms with Crippen LogP contribution in [-0.4, -0.2) is 37.0 Å². The largest absolute Gasteiger partial charge is 0.488 e. The number of carbonyl (C=O) groups excluding carboxylic acids is 1. The summed E-state index contributed by atoms with van der Waals surface area (Å²) in [6.45, 7) is 3.01. The van der Waals surface area contributed by atoms with E-state index in [9.17, 15) is 10.1 Å². The molecule has 3 aromatic rings. The second kappa shape index (κ2) is 10.8. The Kier molecular flexibility index (Phi) is 7.43. The van der Waals surface area contributed by atoms with E-state index in [4.69, 9.17) is 4.74 Å². The van der Waals surface area contributed by atoms with Gasteiger partial charge in [-0.15, -0.1) is 0 Å². The van der Waals surface area contributed by atoms with Gasteiger partial charge in [0, 0.05) is 41.9 Å². The van der Waals surface area contributed by atoms with Crippen molar-refractivity contribution in [2.45, 2.75) is 6.61 Å². The lowest BCUT2D eigenvalue weighted by Gasteiger charge is -2.36. The molecule has 0 atom stereocenters. The normalized spacial score (nSPS) is 14.0. The topological polar surface area (TPSA) is 56.6 Å². The lowest BCUT2D eigenvalue weighted by Crippen LogP contribution is -2.49. The van der Waals surface area contributed by atoms with E-state index in [1.165, 1.54) is 0 Å². The van der Waals surface area contributed by atoms with E-state index >= 15 is 0 Å². The molecule has 33 heavy (non-hydrogen) atoms. The standard InChI is InChI=1S/C27H24BrN3O2/c28-24-11-12-26(33-20-21-7-3-1-4-8-21)22(18-24)17-23(19-29)27(32)31-15-13-30(14-16-31)25-9-5-2-6-10-25/h1-12,17-18H,13-16,20H2/b23-17-. The van der Waals surface area contributed by atoms with Crippen LogP contribution in [0.2, 0.25) is 0 Å². The highest BCUT2D eigenvalue weighted by molar-refractivity contribution is 9.10. The molecule has 0 aliphatic carbocycles. The molecule has 1 aliphatic heterocycles. The van der Waals surface area contributed by atoms with Crippen LogP contribution in [0, 0.1) is 11.3 Å². The first-order valence-electron chi connectivity index (χ1n) is 10.8. The lowest BCUT2D eigenvalue weighted by molar-refractivity contribution is -0.126. The molecule has 1 saturated heterocycles. The quantitative estimate of drug-likeness (QED) is 0.340. The van der Waals surface area contributed by atoms with Gasteiger partial charge >= 0.3 is 0 Å². The summed E-state index contributed by atoms with van der Waals surface area (Å²) in [6.07, 6.45) is 1.62. The molecule has 1 amide bonds. The van der Waals surface area contributed by atoms with Crippen molar-refractivity contribution in [2.24, 2.45) is 0 Å². The molecule has 0 spiro atoms. The van der Waals surface area contributed by atoms with Crippen LogP contribution in [0.25, 0.3) is 6.08 Å². The van der Waals surface area contributed by atoms with Crippen LogP contribution in [-0.2, 0) is 11.4 Å². The van der Waals surface area contributed by atoms with Gasteiger partial charge in [0.05, 0.1) is 0 Å². The van der Waals surface area contributed by atoms with Crippen molar-refractivity contribution in [3.05, 3.63) is 100 Å². The highest BCUT2D eigenvalue weighted by Crippen LogP contribution is 2.27. The molecule has 1 fully saturated rings. The Morgan fingerprint density at radius 3 is 2.30 bits per heavy atom. The molecule has 0 aromatic heterocycles. The van der Waals surface area contributed by atoms with Crippen LogP contribution >= 0.6 is 15.9 Å². The second-order valence-corrected chi connectivity index (χ2v) is 8.66. The summed E-state index contributed by atoms with van der Waals surface area (Å²) in [5, 5.41) is 9.76. The van der Waals surface area contributed by atoms with Crippen molar-refractivity contribution in [2.75, 3.05) is 31.1 Å². The number of carbonyl (C=O) groups is 1. The van der Waals surface area contributed by atoms with Crippen molar-refractivity contribution in [1.82, 2.24) is 4.90 Å². The summed E-state index contributed by atoms with van der Waals surface area (Å²) in [7, 11) is 0. The molecular weight excluding hydrogens is 478 g/mol. The Balaban J connectivity index is 1.47. The molecule has 0 N–H and O–H groups in total. The molecule has 5 nitrogen and oxygen atoms in total. The van der Waals surface area contributed by atoms with Crippen molar-refractivity contribution in [3.63, 3.8) is 0 Å².